The van der Waals surface area contributed by atoms with Crippen molar-refractivity contribution < 1.29 is 0 Å². The number of unbranched alkanes of at least 4 members (excludes halogenated alkanes) is 1. The Hall–Kier alpha value is 0.539. The van der Waals surface area contributed by atoms with Crippen LogP contribution in [-0.4, -0.2) is 22.5 Å². The summed E-state index contributed by atoms with van der Waals surface area (Å²) < 4.78 is 1.40. The van der Waals surface area contributed by atoms with E-state index in [4.69, 9.17) is 0 Å². The molecule has 0 unspecified atom stereocenters. The number of rotatable bonds is 3. The van der Waals surface area contributed by atoms with Gasteiger partial charge in [0.15, 0.2) is 0 Å². The summed E-state index contributed by atoms with van der Waals surface area (Å²) in [5, 5.41) is 0. The second-order valence-corrected chi connectivity index (χ2v) is 3.73. The van der Waals surface area contributed by atoms with Crippen LogP contribution in [-0.2, 0) is 0 Å². The fraction of sp³-hybridized carbons (Fsp3) is 0.667. The van der Waals surface area contributed by atoms with Crippen molar-refractivity contribution in [1.29, 1.82) is 0 Å². The van der Waals surface area contributed by atoms with Crippen LogP contribution in [0.1, 0.15) is 26.2 Å². The average molecular weight is 202 g/mol. The van der Waals surface area contributed by atoms with Crippen LogP contribution in [0.5, 0.6) is 0 Å². The van der Waals surface area contributed by atoms with Crippen molar-refractivity contribution in [2.45, 2.75) is 26.2 Å². The van der Waals surface area contributed by atoms with Gasteiger partial charge in [0, 0.05) is 0 Å². The molecule has 0 aliphatic heterocycles. The molecule has 0 aromatic carbocycles. The number of hydrogen-bond donors (Lipinski definition) is 0. The molecule has 0 bridgehead atoms. The van der Waals surface area contributed by atoms with Crippen molar-refractivity contribution in [3.8, 4) is 0 Å². The SMILES string of the molecule is C=[C]([Sn])CCCC. The van der Waals surface area contributed by atoms with Crippen LogP contribution in [0, 0.1) is 0 Å². The van der Waals surface area contributed by atoms with Gasteiger partial charge >= 0.3 is 58.9 Å². The quantitative estimate of drug-likeness (QED) is 0.612. The van der Waals surface area contributed by atoms with Gasteiger partial charge in [-0.05, 0) is 0 Å². The zero-order valence-corrected chi connectivity index (χ0v) is 7.68. The summed E-state index contributed by atoms with van der Waals surface area (Å²) in [6.07, 6.45) is 3.87. The molecule has 0 nitrogen and oxygen atoms in total. The summed E-state index contributed by atoms with van der Waals surface area (Å²) >= 11 is 1.50. The van der Waals surface area contributed by atoms with E-state index in [2.05, 4.69) is 13.5 Å². The normalized spacial score (nSPS) is 8.86. The van der Waals surface area contributed by atoms with Crippen molar-refractivity contribution in [3.05, 3.63) is 10.2 Å². The fourth-order valence-corrected chi connectivity index (χ4v) is 0.895. The number of hydrogen-bond acceptors (Lipinski definition) is 0. The molecule has 1 heteroatoms. The van der Waals surface area contributed by atoms with Gasteiger partial charge in [0.1, 0.15) is 0 Å². The summed E-state index contributed by atoms with van der Waals surface area (Å²) in [6, 6.07) is 0. The van der Waals surface area contributed by atoms with E-state index in [-0.39, 0.29) is 0 Å². The van der Waals surface area contributed by atoms with Gasteiger partial charge in [0.05, 0.1) is 0 Å². The van der Waals surface area contributed by atoms with Crippen molar-refractivity contribution in [2.24, 2.45) is 0 Å². The van der Waals surface area contributed by atoms with E-state index < -0.39 is 0 Å². The Bertz CT molecular complexity index is 57.2. The van der Waals surface area contributed by atoms with E-state index in [0.29, 0.717) is 0 Å². The van der Waals surface area contributed by atoms with Crippen molar-refractivity contribution >= 4 is 22.5 Å². The Morgan fingerprint density at radius 3 is 2.43 bits per heavy atom. The molecule has 0 saturated heterocycles. The van der Waals surface area contributed by atoms with E-state index in [9.17, 15) is 0 Å². The van der Waals surface area contributed by atoms with Crippen LogP contribution in [0.25, 0.3) is 0 Å². The molecule has 7 heavy (non-hydrogen) atoms. The van der Waals surface area contributed by atoms with Gasteiger partial charge < -0.3 is 0 Å². The standard InChI is InChI=1S/C6H11.Sn/c1-3-5-6-4-2;/h1,4-6H2,2H3;. The summed E-state index contributed by atoms with van der Waals surface area (Å²) in [4.78, 5) is 0. The number of allylic oxidation sites excluding steroid dienone is 1. The topological polar surface area (TPSA) is 0 Å². The van der Waals surface area contributed by atoms with Crippen molar-refractivity contribution in [1.82, 2.24) is 0 Å². The monoisotopic (exact) mass is 203 g/mol. The summed E-state index contributed by atoms with van der Waals surface area (Å²) in [6.45, 7) is 6.04. The Labute approximate surface area is 59.1 Å². The molecule has 0 spiro atoms. The molecule has 0 rings (SSSR count). The molecule has 0 fully saturated rings. The van der Waals surface area contributed by atoms with E-state index in [1.54, 1.807) is 0 Å². The van der Waals surface area contributed by atoms with Crippen LogP contribution in [0.15, 0.2) is 10.2 Å². The maximum absolute atomic E-state index is 3.83. The van der Waals surface area contributed by atoms with Crippen molar-refractivity contribution in [3.63, 3.8) is 0 Å². The average Bonchev–Trinajstić information content (AvgIpc) is 1.61. The molecule has 0 aromatic rings. The Morgan fingerprint density at radius 2 is 2.29 bits per heavy atom. The van der Waals surface area contributed by atoms with Gasteiger partial charge in [-0.3, -0.25) is 0 Å². The van der Waals surface area contributed by atoms with Gasteiger partial charge in [0.25, 0.3) is 0 Å². The molecule has 3 radical (unpaired) electrons. The molecule has 0 aromatic heterocycles. The first kappa shape index (κ1) is 7.54. The molecule has 0 amide bonds. The Morgan fingerprint density at radius 1 is 1.71 bits per heavy atom. The summed E-state index contributed by atoms with van der Waals surface area (Å²) in [5.74, 6) is 0. The molecular weight excluding hydrogens is 191 g/mol. The van der Waals surface area contributed by atoms with Gasteiger partial charge in [-0.1, -0.05) is 0 Å². The minimum absolute atomic E-state index is 1.24. The molecule has 39 valence electrons. The molecular formula is C6H11Sn. The third-order valence-electron chi connectivity index (χ3n) is 0.832. The van der Waals surface area contributed by atoms with E-state index in [1.807, 2.05) is 0 Å². The van der Waals surface area contributed by atoms with Crippen LogP contribution in [0.2, 0.25) is 0 Å². The van der Waals surface area contributed by atoms with Crippen LogP contribution < -0.4 is 0 Å². The second-order valence-electron chi connectivity index (χ2n) is 1.71. The zero-order chi connectivity index (χ0) is 5.70. The van der Waals surface area contributed by atoms with Gasteiger partial charge in [-0.25, -0.2) is 0 Å². The second kappa shape index (κ2) is 4.69. The van der Waals surface area contributed by atoms with Crippen molar-refractivity contribution in [2.75, 3.05) is 0 Å². The third-order valence-corrected chi connectivity index (χ3v) is 1.55. The third kappa shape index (κ3) is 6.54. The molecule has 0 aliphatic carbocycles. The first-order chi connectivity index (χ1) is 3.27. The predicted octanol–water partition coefficient (Wildman–Crippen LogP) is 1.86. The van der Waals surface area contributed by atoms with Gasteiger partial charge in [-0.15, -0.1) is 0 Å². The fourth-order valence-electron chi connectivity index (χ4n) is 0.390. The maximum atomic E-state index is 3.83. The van der Waals surface area contributed by atoms with Gasteiger partial charge in [-0.2, -0.15) is 0 Å². The first-order valence-electron chi connectivity index (χ1n) is 2.66. The molecule has 0 saturated carbocycles. The molecule has 0 N–H and O–H groups in total. The van der Waals surface area contributed by atoms with E-state index >= 15 is 0 Å². The summed E-state index contributed by atoms with van der Waals surface area (Å²) in [5.41, 5.74) is 0. The van der Waals surface area contributed by atoms with Crippen LogP contribution in [0.4, 0.5) is 0 Å². The van der Waals surface area contributed by atoms with E-state index in [0.717, 1.165) is 0 Å². The Balaban J connectivity index is 2.82. The van der Waals surface area contributed by atoms with E-state index in [1.165, 1.54) is 45.4 Å². The van der Waals surface area contributed by atoms with Crippen LogP contribution >= 0.6 is 0 Å². The molecule has 0 aliphatic rings. The summed E-state index contributed by atoms with van der Waals surface area (Å²) in [7, 11) is 0. The minimum atomic E-state index is 1.24. The molecule has 0 heterocycles. The Kier molecular flexibility index (Phi) is 5.05. The van der Waals surface area contributed by atoms with Crippen LogP contribution in [0.3, 0.4) is 0 Å². The first-order valence-corrected chi connectivity index (χ1v) is 4.09. The van der Waals surface area contributed by atoms with Gasteiger partial charge in [0.2, 0.25) is 0 Å². The zero-order valence-electron chi connectivity index (χ0n) is 4.83. The predicted molar refractivity (Wildman–Crippen MR) is 34.4 cm³/mol. The molecule has 0 atom stereocenters.